The molecule has 3 nitrogen and oxygen atoms in total. The van der Waals surface area contributed by atoms with E-state index in [-0.39, 0.29) is 18.1 Å². The SMILES string of the molecule is O=C(/C=C/c1ccc(Cl)cc1)C1C(=O)CN=C(c2ccccc2)C1c1ccccc1. The molecule has 0 bridgehead atoms. The van der Waals surface area contributed by atoms with E-state index in [4.69, 9.17) is 11.6 Å². The van der Waals surface area contributed by atoms with E-state index in [1.165, 1.54) is 6.08 Å². The average Bonchev–Trinajstić information content (AvgIpc) is 2.79. The largest absolute Gasteiger partial charge is 0.297 e. The molecule has 2 atom stereocenters. The van der Waals surface area contributed by atoms with Crippen LogP contribution in [0.1, 0.15) is 22.6 Å². The molecule has 0 amide bonds. The predicted octanol–water partition coefficient (Wildman–Crippen LogP) is 5.39. The Bertz CT molecular complexity index is 1100. The van der Waals surface area contributed by atoms with Crippen LogP contribution in [-0.4, -0.2) is 23.8 Å². The van der Waals surface area contributed by atoms with Gasteiger partial charge in [0.2, 0.25) is 0 Å². The Morgan fingerprint density at radius 1 is 0.900 bits per heavy atom. The number of ketones is 2. The van der Waals surface area contributed by atoms with Gasteiger partial charge in [-0.2, -0.15) is 0 Å². The van der Waals surface area contributed by atoms with Gasteiger partial charge in [-0.3, -0.25) is 14.6 Å². The summed E-state index contributed by atoms with van der Waals surface area (Å²) in [5, 5.41) is 0.633. The van der Waals surface area contributed by atoms with Gasteiger partial charge in [0.15, 0.2) is 11.6 Å². The van der Waals surface area contributed by atoms with Crippen molar-refractivity contribution in [3.63, 3.8) is 0 Å². The van der Waals surface area contributed by atoms with Crippen LogP contribution in [-0.2, 0) is 9.59 Å². The van der Waals surface area contributed by atoms with Crippen molar-refractivity contribution < 1.29 is 9.59 Å². The number of rotatable bonds is 5. The quantitative estimate of drug-likeness (QED) is 0.415. The van der Waals surface area contributed by atoms with Gasteiger partial charge in [-0.15, -0.1) is 0 Å². The molecule has 2 unspecified atom stereocenters. The second-order valence-electron chi connectivity index (χ2n) is 7.19. The first kappa shape index (κ1) is 20.0. The van der Waals surface area contributed by atoms with Crippen molar-refractivity contribution in [1.29, 1.82) is 0 Å². The van der Waals surface area contributed by atoms with E-state index < -0.39 is 11.8 Å². The Kier molecular flexibility index (Phi) is 6.01. The number of aliphatic imine (C=N–C) groups is 1. The second kappa shape index (κ2) is 9.02. The lowest BCUT2D eigenvalue weighted by Gasteiger charge is -2.30. The minimum Gasteiger partial charge on any atom is -0.297 e. The number of allylic oxidation sites excluding steroid dienone is 1. The molecule has 0 fully saturated rings. The van der Waals surface area contributed by atoms with Crippen molar-refractivity contribution in [2.75, 3.05) is 6.54 Å². The van der Waals surface area contributed by atoms with Crippen molar-refractivity contribution in [3.8, 4) is 0 Å². The lowest BCUT2D eigenvalue weighted by molar-refractivity contribution is -0.130. The van der Waals surface area contributed by atoms with Gasteiger partial charge < -0.3 is 0 Å². The molecule has 148 valence electrons. The first-order valence-electron chi connectivity index (χ1n) is 9.78. The van der Waals surface area contributed by atoms with Crippen LogP contribution in [0.2, 0.25) is 5.02 Å². The van der Waals surface area contributed by atoms with Gasteiger partial charge in [0.05, 0.1) is 18.2 Å². The molecule has 0 N–H and O–H groups in total. The monoisotopic (exact) mass is 413 g/mol. The maximum absolute atomic E-state index is 13.2. The van der Waals surface area contributed by atoms with E-state index in [0.717, 1.165) is 22.4 Å². The summed E-state index contributed by atoms with van der Waals surface area (Å²) in [6.45, 7) is 0.0127. The Morgan fingerprint density at radius 2 is 1.53 bits per heavy atom. The number of carbonyl (C=O) groups excluding carboxylic acids is 2. The minimum absolute atomic E-state index is 0.0127. The second-order valence-corrected chi connectivity index (χ2v) is 7.62. The molecule has 30 heavy (non-hydrogen) atoms. The van der Waals surface area contributed by atoms with Crippen LogP contribution >= 0.6 is 11.6 Å². The third-order valence-electron chi connectivity index (χ3n) is 5.22. The third-order valence-corrected chi connectivity index (χ3v) is 5.48. The van der Waals surface area contributed by atoms with E-state index in [0.29, 0.717) is 5.02 Å². The van der Waals surface area contributed by atoms with E-state index in [2.05, 4.69) is 4.99 Å². The lowest BCUT2D eigenvalue weighted by Crippen LogP contribution is -2.39. The number of hydrogen-bond acceptors (Lipinski definition) is 3. The van der Waals surface area contributed by atoms with Crippen molar-refractivity contribution in [1.82, 2.24) is 0 Å². The van der Waals surface area contributed by atoms with E-state index in [1.807, 2.05) is 72.8 Å². The standard InChI is InChI=1S/C26H20ClNO2/c27-21-14-11-18(12-15-21)13-16-22(29)25-23(30)17-28-26(20-9-5-2-6-10-20)24(25)19-7-3-1-4-8-19/h1-16,24-25H,17H2/b16-13+. The summed E-state index contributed by atoms with van der Waals surface area (Å²) in [5.41, 5.74) is 3.47. The van der Waals surface area contributed by atoms with Crippen LogP contribution in [0.15, 0.2) is 96.0 Å². The first-order chi connectivity index (χ1) is 14.6. The normalized spacial score (nSPS) is 19.0. The molecular weight excluding hydrogens is 394 g/mol. The topological polar surface area (TPSA) is 46.5 Å². The molecular formula is C26H20ClNO2. The zero-order valence-corrected chi connectivity index (χ0v) is 17.0. The van der Waals surface area contributed by atoms with Gasteiger partial charge in [0.1, 0.15) is 0 Å². The van der Waals surface area contributed by atoms with Crippen molar-refractivity contribution in [3.05, 3.63) is 113 Å². The summed E-state index contributed by atoms with van der Waals surface area (Å²) in [4.78, 5) is 30.7. The summed E-state index contributed by atoms with van der Waals surface area (Å²) in [5.74, 6) is -1.60. The van der Waals surface area contributed by atoms with Gasteiger partial charge in [-0.1, -0.05) is 90.5 Å². The number of hydrogen-bond donors (Lipinski definition) is 0. The van der Waals surface area contributed by atoms with Gasteiger partial charge in [0, 0.05) is 10.9 Å². The fraction of sp³-hybridized carbons (Fsp3) is 0.115. The highest BCUT2D eigenvalue weighted by atomic mass is 35.5. The molecule has 0 aliphatic carbocycles. The molecule has 0 saturated heterocycles. The molecule has 0 radical (unpaired) electrons. The Balaban J connectivity index is 1.72. The summed E-state index contributed by atoms with van der Waals surface area (Å²) < 4.78 is 0. The third kappa shape index (κ3) is 4.32. The van der Waals surface area contributed by atoms with E-state index in [9.17, 15) is 9.59 Å². The molecule has 3 aromatic rings. The number of Topliss-reactive ketones (excluding diaryl/α,β-unsaturated/α-hetero) is 1. The first-order valence-corrected chi connectivity index (χ1v) is 10.2. The molecule has 0 spiro atoms. The van der Waals surface area contributed by atoms with E-state index >= 15 is 0 Å². The van der Waals surface area contributed by atoms with Crippen LogP contribution in [0.4, 0.5) is 0 Å². The highest BCUT2D eigenvalue weighted by Crippen LogP contribution is 2.34. The summed E-state index contributed by atoms with van der Waals surface area (Å²) in [6, 6.07) is 26.6. The van der Waals surface area contributed by atoms with Crippen molar-refractivity contribution in [2.24, 2.45) is 10.9 Å². The molecule has 1 heterocycles. The molecule has 1 aliphatic rings. The fourth-order valence-electron chi connectivity index (χ4n) is 3.77. The van der Waals surface area contributed by atoms with Crippen LogP contribution in [0.25, 0.3) is 6.08 Å². The molecule has 4 rings (SSSR count). The Morgan fingerprint density at radius 3 is 2.20 bits per heavy atom. The van der Waals surface area contributed by atoms with E-state index in [1.54, 1.807) is 18.2 Å². The van der Waals surface area contributed by atoms with Crippen molar-refractivity contribution in [2.45, 2.75) is 5.92 Å². The molecule has 3 aromatic carbocycles. The zero-order valence-electron chi connectivity index (χ0n) is 16.2. The maximum Gasteiger partial charge on any atom is 0.167 e. The zero-order chi connectivity index (χ0) is 20.9. The maximum atomic E-state index is 13.2. The van der Waals surface area contributed by atoms with Crippen LogP contribution in [0.5, 0.6) is 0 Å². The highest BCUT2D eigenvalue weighted by molar-refractivity contribution is 6.30. The minimum atomic E-state index is -0.802. The molecule has 0 saturated carbocycles. The number of halogens is 1. The van der Waals surface area contributed by atoms with Crippen LogP contribution in [0.3, 0.4) is 0 Å². The Hall–Kier alpha value is -3.30. The highest BCUT2D eigenvalue weighted by Gasteiger charge is 2.40. The Labute approximate surface area is 180 Å². The smallest absolute Gasteiger partial charge is 0.167 e. The molecule has 4 heteroatoms. The van der Waals surface area contributed by atoms with Crippen LogP contribution in [0, 0.1) is 5.92 Å². The van der Waals surface area contributed by atoms with Crippen LogP contribution < -0.4 is 0 Å². The average molecular weight is 414 g/mol. The number of carbonyl (C=O) groups is 2. The predicted molar refractivity (Wildman–Crippen MR) is 121 cm³/mol. The summed E-state index contributed by atoms with van der Waals surface area (Å²) in [7, 11) is 0. The lowest BCUT2D eigenvalue weighted by atomic mass is 9.74. The van der Waals surface area contributed by atoms with Gasteiger partial charge >= 0.3 is 0 Å². The number of benzene rings is 3. The fourth-order valence-corrected chi connectivity index (χ4v) is 3.90. The molecule has 0 aromatic heterocycles. The van der Waals surface area contributed by atoms with Gasteiger partial charge in [0.25, 0.3) is 0 Å². The summed E-state index contributed by atoms with van der Waals surface area (Å²) >= 11 is 5.93. The summed E-state index contributed by atoms with van der Waals surface area (Å²) in [6.07, 6.45) is 3.22. The van der Waals surface area contributed by atoms with Gasteiger partial charge in [-0.05, 0) is 34.9 Å². The van der Waals surface area contributed by atoms with Crippen molar-refractivity contribution >= 4 is 35.0 Å². The number of nitrogens with zero attached hydrogens (tertiary/aromatic N) is 1. The van der Waals surface area contributed by atoms with Gasteiger partial charge in [-0.25, -0.2) is 0 Å². The molecule has 1 aliphatic heterocycles.